The van der Waals surface area contributed by atoms with Crippen molar-refractivity contribution in [1.82, 2.24) is 14.8 Å². The van der Waals surface area contributed by atoms with Crippen molar-refractivity contribution in [2.45, 2.75) is 25.2 Å². The summed E-state index contributed by atoms with van der Waals surface area (Å²) in [6.45, 7) is 3.91. The lowest BCUT2D eigenvalue weighted by molar-refractivity contribution is 0.590. The summed E-state index contributed by atoms with van der Waals surface area (Å²) < 4.78 is 29.7. The van der Waals surface area contributed by atoms with Crippen LogP contribution in [0.25, 0.3) is 16.9 Å². The Hall–Kier alpha value is -3.36. The van der Waals surface area contributed by atoms with E-state index in [0.29, 0.717) is 27.5 Å². The Morgan fingerprint density at radius 2 is 1.76 bits per heavy atom. The Kier molecular flexibility index (Phi) is 5.14. The molecule has 2 aromatic carbocycles. The van der Waals surface area contributed by atoms with Crippen LogP contribution in [0.3, 0.4) is 0 Å². The minimum absolute atomic E-state index is 0.0852. The van der Waals surface area contributed by atoms with E-state index in [9.17, 15) is 13.2 Å². The summed E-state index contributed by atoms with van der Waals surface area (Å²) in [6, 6.07) is 15.6. The van der Waals surface area contributed by atoms with Gasteiger partial charge in [-0.2, -0.15) is 0 Å². The fourth-order valence-corrected chi connectivity index (χ4v) is 5.71. The fourth-order valence-electron chi connectivity index (χ4n) is 4.07. The van der Waals surface area contributed by atoms with Crippen molar-refractivity contribution < 1.29 is 8.42 Å². The molecule has 4 aromatic rings. The minimum atomic E-state index is -3.87. The highest BCUT2D eigenvalue weighted by Crippen LogP contribution is 2.36. The van der Waals surface area contributed by atoms with Gasteiger partial charge in [-0.25, -0.2) is 22.4 Å². The molecule has 1 N–H and O–H groups in total. The second kappa shape index (κ2) is 7.90. The predicted octanol–water partition coefficient (Wildman–Crippen LogP) is 4.25. The number of anilines is 1. The number of nitrogens with zero attached hydrogens (tertiary/aromatic N) is 3. The van der Waals surface area contributed by atoms with Gasteiger partial charge in [-0.3, -0.25) is 9.89 Å². The van der Waals surface area contributed by atoms with Crippen molar-refractivity contribution in [3.05, 3.63) is 92.9 Å². The number of sulfonamides is 1. The van der Waals surface area contributed by atoms with E-state index in [1.807, 2.05) is 26.0 Å². The van der Waals surface area contributed by atoms with E-state index in [0.717, 1.165) is 11.1 Å². The summed E-state index contributed by atoms with van der Waals surface area (Å²) in [7, 11) is -3.87. The second-order valence-corrected chi connectivity index (χ2v) is 10.3. The third-order valence-electron chi connectivity index (χ3n) is 5.80. The summed E-state index contributed by atoms with van der Waals surface area (Å²) >= 11 is 6.38. The number of hydrogen-bond acceptors (Lipinski definition) is 4. The summed E-state index contributed by atoms with van der Waals surface area (Å²) in [5.74, 6) is 0.278. The average Bonchev–Trinajstić information content (AvgIpc) is 3.02. The summed E-state index contributed by atoms with van der Waals surface area (Å²) in [4.78, 5) is 18.0. The maximum absolute atomic E-state index is 13.5. The van der Waals surface area contributed by atoms with E-state index < -0.39 is 10.0 Å². The molecule has 168 valence electrons. The topological polar surface area (TPSA) is 88.1 Å². The van der Waals surface area contributed by atoms with Gasteiger partial charge in [0, 0.05) is 23.9 Å². The predicted molar refractivity (Wildman–Crippen MR) is 129 cm³/mol. The van der Waals surface area contributed by atoms with Gasteiger partial charge in [0.15, 0.2) is 5.82 Å². The second-order valence-electron chi connectivity index (χ2n) is 8.08. The van der Waals surface area contributed by atoms with Crippen LogP contribution in [0, 0.1) is 13.8 Å². The number of fused-ring (bicyclic) bond motifs is 3. The number of nitrogens with one attached hydrogen (secondary N) is 1. The molecule has 0 saturated heterocycles. The van der Waals surface area contributed by atoms with Gasteiger partial charge in [-0.15, -0.1) is 0 Å². The van der Waals surface area contributed by atoms with Crippen LogP contribution in [0.1, 0.15) is 16.7 Å². The molecule has 33 heavy (non-hydrogen) atoms. The number of H-pyrrole nitrogens is 1. The van der Waals surface area contributed by atoms with Crippen molar-refractivity contribution in [3.63, 3.8) is 0 Å². The van der Waals surface area contributed by atoms with Crippen molar-refractivity contribution in [3.8, 4) is 16.9 Å². The Labute approximate surface area is 196 Å². The van der Waals surface area contributed by atoms with Gasteiger partial charge in [0.2, 0.25) is 0 Å². The Morgan fingerprint density at radius 3 is 2.52 bits per heavy atom. The van der Waals surface area contributed by atoms with Crippen molar-refractivity contribution in [2.24, 2.45) is 0 Å². The van der Waals surface area contributed by atoms with Crippen LogP contribution in [0.4, 0.5) is 5.82 Å². The number of rotatable bonds is 3. The zero-order valence-corrected chi connectivity index (χ0v) is 19.6. The molecule has 0 amide bonds. The summed E-state index contributed by atoms with van der Waals surface area (Å²) in [5.41, 5.74) is 3.79. The lowest BCUT2D eigenvalue weighted by Crippen LogP contribution is -2.34. The quantitative estimate of drug-likeness (QED) is 0.475. The standard InChI is InChI=1S/C24H21ClN4O3S/c1-15-5-8-17(9-6-15)33(31,32)28-13-11-19-22(18-4-3-12-26-23(18)28)27-29(24(19)30)21-14-16(2)7-10-20(21)25/h3-10,12,14,27H,11,13H2,1-2H3. The molecule has 7 nitrogen and oxygen atoms in total. The Balaban J connectivity index is 1.68. The van der Waals surface area contributed by atoms with Gasteiger partial charge in [0.25, 0.3) is 15.6 Å². The molecule has 3 heterocycles. The SMILES string of the molecule is Cc1ccc(S(=O)(=O)N2CCc3c([nH]n(-c4cc(C)ccc4Cl)c3=O)-c3cccnc32)cc1. The zero-order chi connectivity index (χ0) is 23.3. The molecule has 1 aliphatic heterocycles. The van der Waals surface area contributed by atoms with Crippen molar-refractivity contribution in [1.29, 1.82) is 0 Å². The van der Waals surface area contributed by atoms with Crippen molar-refractivity contribution >= 4 is 27.4 Å². The highest BCUT2D eigenvalue weighted by molar-refractivity contribution is 7.92. The molecule has 0 saturated carbocycles. The van der Waals surface area contributed by atoms with Crippen LogP contribution in [0.15, 0.2) is 70.5 Å². The van der Waals surface area contributed by atoms with Gasteiger partial charge < -0.3 is 0 Å². The average molecular weight is 481 g/mol. The lowest BCUT2D eigenvalue weighted by atomic mass is 10.1. The van der Waals surface area contributed by atoms with Crippen LogP contribution >= 0.6 is 11.6 Å². The highest BCUT2D eigenvalue weighted by atomic mass is 35.5. The normalized spacial score (nSPS) is 13.4. The van der Waals surface area contributed by atoms with Gasteiger partial charge >= 0.3 is 0 Å². The number of halogens is 1. The largest absolute Gasteiger partial charge is 0.290 e. The van der Waals surface area contributed by atoms with Crippen LogP contribution in [-0.2, 0) is 16.4 Å². The van der Waals surface area contributed by atoms with E-state index in [4.69, 9.17) is 11.6 Å². The van der Waals surface area contributed by atoms with Crippen LogP contribution < -0.4 is 9.86 Å². The van der Waals surface area contributed by atoms with E-state index in [-0.39, 0.29) is 29.2 Å². The molecule has 0 unspecified atom stereocenters. The number of aromatic nitrogens is 3. The maximum Gasteiger partial charge on any atom is 0.275 e. The molecule has 0 radical (unpaired) electrons. The summed E-state index contributed by atoms with van der Waals surface area (Å²) in [6.07, 6.45) is 1.77. The molecule has 1 aliphatic rings. The number of aryl methyl sites for hydroxylation is 2. The van der Waals surface area contributed by atoms with E-state index >= 15 is 0 Å². The molecule has 2 aromatic heterocycles. The van der Waals surface area contributed by atoms with Gasteiger partial charge in [-0.05, 0) is 62.2 Å². The van der Waals surface area contributed by atoms with E-state index in [1.165, 1.54) is 8.99 Å². The Bertz CT molecular complexity index is 1540. The molecule has 0 fully saturated rings. The van der Waals surface area contributed by atoms with Gasteiger partial charge in [0.1, 0.15) is 0 Å². The molecule has 5 rings (SSSR count). The molecular formula is C24H21ClN4O3S. The first-order valence-electron chi connectivity index (χ1n) is 10.4. The molecule has 0 bridgehead atoms. The first-order chi connectivity index (χ1) is 15.8. The van der Waals surface area contributed by atoms with E-state index in [1.54, 1.807) is 48.7 Å². The number of benzene rings is 2. The molecule has 9 heteroatoms. The molecule has 0 aliphatic carbocycles. The van der Waals surface area contributed by atoms with Crippen LogP contribution in [0.2, 0.25) is 5.02 Å². The monoisotopic (exact) mass is 480 g/mol. The number of hydrogen-bond donors (Lipinski definition) is 1. The fraction of sp³-hybridized carbons (Fsp3) is 0.167. The van der Waals surface area contributed by atoms with Crippen LogP contribution in [-0.4, -0.2) is 29.7 Å². The molecular weight excluding hydrogens is 460 g/mol. The summed E-state index contributed by atoms with van der Waals surface area (Å²) in [5, 5.41) is 3.60. The number of pyridine rings is 1. The molecule has 0 atom stereocenters. The van der Waals surface area contributed by atoms with Gasteiger partial charge in [-0.1, -0.05) is 35.4 Å². The Morgan fingerprint density at radius 1 is 1.03 bits per heavy atom. The lowest BCUT2D eigenvalue weighted by Gasteiger charge is -2.23. The minimum Gasteiger partial charge on any atom is -0.290 e. The number of aromatic amines is 1. The first kappa shape index (κ1) is 21.5. The molecule has 0 spiro atoms. The first-order valence-corrected chi connectivity index (χ1v) is 12.2. The van der Waals surface area contributed by atoms with Crippen molar-refractivity contribution in [2.75, 3.05) is 10.8 Å². The van der Waals surface area contributed by atoms with E-state index in [2.05, 4.69) is 10.1 Å². The maximum atomic E-state index is 13.5. The third-order valence-corrected chi connectivity index (χ3v) is 7.92. The van der Waals surface area contributed by atoms with Gasteiger partial charge in [0.05, 0.1) is 21.3 Å². The third kappa shape index (κ3) is 3.55. The highest BCUT2D eigenvalue weighted by Gasteiger charge is 2.33. The zero-order valence-electron chi connectivity index (χ0n) is 18.0. The van der Waals surface area contributed by atoms with Crippen LogP contribution in [0.5, 0.6) is 0 Å². The smallest absolute Gasteiger partial charge is 0.275 e.